The maximum atomic E-state index is 13.0. The molecule has 1 heterocycles. The highest BCUT2D eigenvalue weighted by Gasteiger charge is 2.25. The van der Waals surface area contributed by atoms with Crippen molar-refractivity contribution in [1.82, 2.24) is 15.4 Å². The second-order valence-corrected chi connectivity index (χ2v) is 10.6. The Bertz CT molecular complexity index is 1000. The van der Waals surface area contributed by atoms with Gasteiger partial charge in [-0.2, -0.15) is 0 Å². The second-order valence-electron chi connectivity index (χ2n) is 8.93. The summed E-state index contributed by atoms with van der Waals surface area (Å²) < 4.78 is 28.7. The van der Waals surface area contributed by atoms with Crippen molar-refractivity contribution < 1.29 is 13.2 Å². The van der Waals surface area contributed by atoms with Gasteiger partial charge in [-0.15, -0.1) is 0 Å². The lowest BCUT2D eigenvalue weighted by molar-refractivity contribution is 0.0929. The minimum atomic E-state index is -3.69. The van der Waals surface area contributed by atoms with Gasteiger partial charge in [0.15, 0.2) is 0 Å². The second kappa shape index (κ2) is 8.88. The molecule has 2 aromatic rings. The van der Waals surface area contributed by atoms with Crippen molar-refractivity contribution in [3.63, 3.8) is 0 Å². The largest absolute Gasteiger partial charge is 0.349 e. The van der Waals surface area contributed by atoms with Crippen molar-refractivity contribution in [2.24, 2.45) is 0 Å². The van der Waals surface area contributed by atoms with Crippen molar-refractivity contribution in [3.8, 4) is 11.1 Å². The van der Waals surface area contributed by atoms with Gasteiger partial charge in [-0.25, -0.2) is 13.1 Å². The molecule has 0 aliphatic carbocycles. The number of aryl methyl sites for hydroxylation is 1. The molecule has 0 saturated carbocycles. The van der Waals surface area contributed by atoms with Gasteiger partial charge in [0.05, 0.1) is 4.90 Å². The standard InChI is InChI=1S/C23H31N3O3S/c1-16-5-10-21(30(28,29)26-23(2,3)4)20(15-16)17-6-8-18(9-7-17)22(27)25-19-11-13-24-14-12-19/h5-10,15,19,24,26H,11-14H2,1-4H3,(H,25,27). The van der Waals surface area contributed by atoms with E-state index in [9.17, 15) is 13.2 Å². The molecule has 0 radical (unpaired) electrons. The van der Waals surface area contributed by atoms with Crippen LogP contribution in [0.25, 0.3) is 11.1 Å². The average molecular weight is 430 g/mol. The number of hydrogen-bond acceptors (Lipinski definition) is 4. The van der Waals surface area contributed by atoms with Crippen LogP contribution in [0.3, 0.4) is 0 Å². The van der Waals surface area contributed by atoms with Crippen LogP contribution in [-0.4, -0.2) is 39.0 Å². The van der Waals surface area contributed by atoms with E-state index in [0.717, 1.165) is 37.1 Å². The predicted octanol–water partition coefficient (Wildman–Crippen LogP) is 3.22. The summed E-state index contributed by atoms with van der Waals surface area (Å²) in [4.78, 5) is 12.8. The van der Waals surface area contributed by atoms with E-state index in [1.165, 1.54) is 0 Å². The Morgan fingerprint density at radius 3 is 2.27 bits per heavy atom. The third-order valence-electron chi connectivity index (χ3n) is 5.00. The first-order chi connectivity index (χ1) is 14.0. The molecular formula is C23H31N3O3S. The van der Waals surface area contributed by atoms with Gasteiger partial charge in [0.1, 0.15) is 0 Å². The Kier molecular flexibility index (Phi) is 6.65. The molecule has 1 aliphatic rings. The number of hydrogen-bond donors (Lipinski definition) is 3. The topological polar surface area (TPSA) is 87.3 Å². The molecule has 3 rings (SSSR count). The van der Waals surface area contributed by atoms with Crippen LogP contribution in [0.1, 0.15) is 49.5 Å². The van der Waals surface area contributed by atoms with E-state index in [-0.39, 0.29) is 16.8 Å². The Labute approximate surface area is 179 Å². The molecule has 7 heteroatoms. The van der Waals surface area contributed by atoms with Crippen LogP contribution in [0.4, 0.5) is 0 Å². The summed E-state index contributed by atoms with van der Waals surface area (Å²) in [6.45, 7) is 9.20. The molecule has 1 aliphatic heterocycles. The Hall–Kier alpha value is -2.22. The highest BCUT2D eigenvalue weighted by atomic mass is 32.2. The summed E-state index contributed by atoms with van der Waals surface area (Å²) >= 11 is 0. The zero-order valence-electron chi connectivity index (χ0n) is 18.1. The summed E-state index contributed by atoms with van der Waals surface area (Å²) in [7, 11) is -3.69. The molecule has 0 bridgehead atoms. The van der Waals surface area contributed by atoms with E-state index in [4.69, 9.17) is 0 Å². The number of carbonyl (C=O) groups excluding carboxylic acids is 1. The molecule has 6 nitrogen and oxygen atoms in total. The van der Waals surface area contributed by atoms with Gasteiger partial charge in [0.2, 0.25) is 10.0 Å². The van der Waals surface area contributed by atoms with Crippen LogP contribution < -0.4 is 15.4 Å². The summed E-state index contributed by atoms with van der Waals surface area (Å²) in [5.41, 5.74) is 2.33. The lowest BCUT2D eigenvalue weighted by Gasteiger charge is -2.23. The molecule has 1 fully saturated rings. The first-order valence-electron chi connectivity index (χ1n) is 10.3. The van der Waals surface area contributed by atoms with Crippen molar-refractivity contribution in [3.05, 3.63) is 53.6 Å². The normalized spacial score (nSPS) is 15.7. The molecule has 0 aromatic heterocycles. The summed E-state index contributed by atoms with van der Waals surface area (Å²) in [6.07, 6.45) is 1.85. The molecule has 30 heavy (non-hydrogen) atoms. The van der Waals surface area contributed by atoms with E-state index in [0.29, 0.717) is 11.1 Å². The van der Waals surface area contributed by atoms with Crippen LogP contribution in [0, 0.1) is 6.92 Å². The van der Waals surface area contributed by atoms with Gasteiger partial charge in [0.25, 0.3) is 5.91 Å². The SMILES string of the molecule is Cc1ccc(S(=O)(=O)NC(C)(C)C)c(-c2ccc(C(=O)NC3CCNCC3)cc2)c1. The number of benzene rings is 2. The highest BCUT2D eigenvalue weighted by molar-refractivity contribution is 7.89. The Morgan fingerprint density at radius 1 is 1.03 bits per heavy atom. The van der Waals surface area contributed by atoms with Gasteiger partial charge in [0, 0.05) is 22.7 Å². The fraction of sp³-hybridized carbons (Fsp3) is 0.435. The van der Waals surface area contributed by atoms with Crippen molar-refractivity contribution in [1.29, 1.82) is 0 Å². The first kappa shape index (κ1) is 22.5. The summed E-state index contributed by atoms with van der Waals surface area (Å²) in [6, 6.07) is 12.6. The Morgan fingerprint density at radius 2 is 1.67 bits per heavy atom. The van der Waals surface area contributed by atoms with Crippen LogP contribution in [0.2, 0.25) is 0 Å². The van der Waals surface area contributed by atoms with Crippen LogP contribution >= 0.6 is 0 Å². The highest BCUT2D eigenvalue weighted by Crippen LogP contribution is 2.29. The fourth-order valence-corrected chi connectivity index (χ4v) is 5.23. The van der Waals surface area contributed by atoms with E-state index < -0.39 is 15.6 Å². The number of carbonyl (C=O) groups is 1. The third-order valence-corrected chi connectivity index (χ3v) is 6.81. The van der Waals surface area contributed by atoms with Crippen molar-refractivity contribution in [2.75, 3.05) is 13.1 Å². The van der Waals surface area contributed by atoms with Crippen LogP contribution in [0.15, 0.2) is 47.4 Å². The van der Waals surface area contributed by atoms with E-state index in [1.54, 1.807) is 24.3 Å². The van der Waals surface area contributed by atoms with Gasteiger partial charge in [-0.3, -0.25) is 4.79 Å². The van der Waals surface area contributed by atoms with E-state index >= 15 is 0 Å². The zero-order chi connectivity index (χ0) is 21.9. The quantitative estimate of drug-likeness (QED) is 0.681. The molecule has 162 valence electrons. The lowest BCUT2D eigenvalue weighted by Crippen LogP contribution is -2.42. The maximum absolute atomic E-state index is 13.0. The van der Waals surface area contributed by atoms with Crippen molar-refractivity contribution >= 4 is 15.9 Å². The zero-order valence-corrected chi connectivity index (χ0v) is 18.9. The molecule has 0 unspecified atom stereocenters. The molecule has 2 aromatic carbocycles. The fourth-order valence-electron chi connectivity index (χ4n) is 3.60. The lowest BCUT2D eigenvalue weighted by atomic mass is 10.0. The molecule has 3 N–H and O–H groups in total. The molecule has 1 saturated heterocycles. The number of amides is 1. The predicted molar refractivity (Wildman–Crippen MR) is 120 cm³/mol. The number of rotatable bonds is 5. The molecule has 1 amide bonds. The summed E-state index contributed by atoms with van der Waals surface area (Å²) in [5.74, 6) is -0.0973. The van der Waals surface area contributed by atoms with Gasteiger partial charge >= 0.3 is 0 Å². The van der Waals surface area contributed by atoms with E-state index in [1.807, 2.05) is 45.9 Å². The first-order valence-corrected chi connectivity index (χ1v) is 11.8. The average Bonchev–Trinajstić information content (AvgIpc) is 2.67. The minimum absolute atomic E-state index is 0.0973. The molecular weight excluding hydrogens is 398 g/mol. The minimum Gasteiger partial charge on any atom is -0.349 e. The number of nitrogens with one attached hydrogen (secondary N) is 3. The van der Waals surface area contributed by atoms with Crippen molar-refractivity contribution in [2.45, 2.75) is 57.0 Å². The molecule has 0 atom stereocenters. The molecule has 0 spiro atoms. The maximum Gasteiger partial charge on any atom is 0.251 e. The van der Waals surface area contributed by atoms with Gasteiger partial charge in [-0.1, -0.05) is 29.8 Å². The number of piperidine rings is 1. The third kappa shape index (κ3) is 5.68. The van der Waals surface area contributed by atoms with Gasteiger partial charge < -0.3 is 10.6 Å². The smallest absolute Gasteiger partial charge is 0.251 e. The van der Waals surface area contributed by atoms with E-state index in [2.05, 4.69) is 15.4 Å². The number of sulfonamides is 1. The van der Waals surface area contributed by atoms with Crippen LogP contribution in [-0.2, 0) is 10.0 Å². The van der Waals surface area contributed by atoms with Crippen LogP contribution in [0.5, 0.6) is 0 Å². The monoisotopic (exact) mass is 429 g/mol. The summed E-state index contributed by atoms with van der Waals surface area (Å²) in [5, 5.41) is 6.36. The van der Waals surface area contributed by atoms with Gasteiger partial charge in [-0.05, 0) is 77.4 Å². The Balaban J connectivity index is 1.87.